The number of ether oxygens (including phenoxy) is 1. The minimum Gasteiger partial charge on any atom is -0.444 e. The number of imidazole rings is 1. The van der Waals surface area contributed by atoms with Crippen LogP contribution in [0.2, 0.25) is 0 Å². The molecule has 2 amide bonds. The predicted molar refractivity (Wildman–Crippen MR) is 134 cm³/mol. The van der Waals surface area contributed by atoms with Crippen molar-refractivity contribution in [2.45, 2.75) is 52.2 Å². The van der Waals surface area contributed by atoms with Crippen molar-refractivity contribution in [3.05, 3.63) is 54.1 Å². The molecule has 0 saturated carbocycles. The van der Waals surface area contributed by atoms with E-state index >= 15 is 0 Å². The number of hydrogen-bond acceptors (Lipinski definition) is 4. The molecular weight excluding hydrogens is 466 g/mol. The van der Waals surface area contributed by atoms with Gasteiger partial charge in [0.15, 0.2) is 0 Å². The van der Waals surface area contributed by atoms with Crippen LogP contribution < -0.4 is 5.32 Å². The van der Waals surface area contributed by atoms with E-state index in [1.807, 2.05) is 24.3 Å². The molecule has 2 heterocycles. The maximum absolute atomic E-state index is 13.9. The van der Waals surface area contributed by atoms with Crippen LogP contribution in [-0.2, 0) is 16.0 Å². The van der Waals surface area contributed by atoms with Crippen molar-refractivity contribution in [2.24, 2.45) is 5.92 Å². The van der Waals surface area contributed by atoms with Crippen LogP contribution in [0.25, 0.3) is 22.4 Å². The SMILES string of the molecule is CC(C)(C)OC(=O)NCC(=O)N1CCC(Cc2cccc(-c3nc4ccccc4n3C(F)F)c2)CC1. The van der Waals surface area contributed by atoms with Gasteiger partial charge in [-0.2, -0.15) is 8.78 Å². The van der Waals surface area contributed by atoms with E-state index in [2.05, 4.69) is 10.3 Å². The second kappa shape index (κ2) is 10.6. The summed E-state index contributed by atoms with van der Waals surface area (Å²) in [4.78, 5) is 30.5. The molecule has 1 aromatic heterocycles. The third kappa shape index (κ3) is 6.19. The first-order chi connectivity index (χ1) is 17.1. The molecule has 1 fully saturated rings. The summed E-state index contributed by atoms with van der Waals surface area (Å²) in [6, 6.07) is 14.5. The van der Waals surface area contributed by atoms with E-state index < -0.39 is 18.2 Å². The average Bonchev–Trinajstić information content (AvgIpc) is 3.22. The number of aromatic nitrogens is 2. The Balaban J connectivity index is 1.35. The molecule has 3 aromatic rings. The summed E-state index contributed by atoms with van der Waals surface area (Å²) in [5, 5.41) is 2.52. The summed E-state index contributed by atoms with van der Waals surface area (Å²) in [6.45, 7) is 3.74. The lowest BCUT2D eigenvalue weighted by Gasteiger charge is -2.32. The molecule has 1 saturated heterocycles. The number of amides is 2. The Hall–Kier alpha value is -3.49. The number of carbonyl (C=O) groups excluding carboxylic acids is 2. The van der Waals surface area contributed by atoms with E-state index in [0.29, 0.717) is 35.6 Å². The smallest absolute Gasteiger partial charge is 0.408 e. The van der Waals surface area contributed by atoms with Gasteiger partial charge in [-0.1, -0.05) is 30.3 Å². The molecule has 0 unspecified atom stereocenters. The number of nitrogens with one attached hydrogen (secondary N) is 1. The van der Waals surface area contributed by atoms with E-state index in [1.165, 1.54) is 0 Å². The van der Waals surface area contributed by atoms with Crippen molar-refractivity contribution < 1.29 is 23.1 Å². The second-order valence-electron chi connectivity index (χ2n) is 10.2. The number of para-hydroxylation sites is 2. The fourth-order valence-electron chi connectivity index (χ4n) is 4.58. The van der Waals surface area contributed by atoms with Crippen LogP contribution >= 0.6 is 0 Å². The highest BCUT2D eigenvalue weighted by Gasteiger charge is 2.25. The molecule has 0 bridgehead atoms. The van der Waals surface area contributed by atoms with Crippen LogP contribution in [-0.4, -0.2) is 51.7 Å². The highest BCUT2D eigenvalue weighted by atomic mass is 19.3. The number of halogens is 2. The van der Waals surface area contributed by atoms with Crippen molar-refractivity contribution in [1.82, 2.24) is 19.8 Å². The van der Waals surface area contributed by atoms with Crippen molar-refractivity contribution in [2.75, 3.05) is 19.6 Å². The minimum absolute atomic E-state index is 0.0905. The number of fused-ring (bicyclic) bond motifs is 1. The third-order valence-corrected chi connectivity index (χ3v) is 6.25. The van der Waals surface area contributed by atoms with Gasteiger partial charge in [-0.3, -0.25) is 9.36 Å². The molecule has 9 heteroatoms. The Morgan fingerprint density at radius 1 is 1.11 bits per heavy atom. The largest absolute Gasteiger partial charge is 0.444 e. The molecule has 0 spiro atoms. The molecule has 4 rings (SSSR count). The molecule has 0 atom stereocenters. The van der Waals surface area contributed by atoms with Gasteiger partial charge in [-0.25, -0.2) is 9.78 Å². The molecular formula is C27H32F2N4O3. The fraction of sp³-hybridized carbons (Fsp3) is 0.444. The van der Waals surface area contributed by atoms with E-state index in [-0.39, 0.29) is 18.3 Å². The van der Waals surface area contributed by atoms with Crippen molar-refractivity contribution in [3.63, 3.8) is 0 Å². The van der Waals surface area contributed by atoms with E-state index in [1.54, 1.807) is 49.9 Å². The van der Waals surface area contributed by atoms with Gasteiger partial charge in [0.1, 0.15) is 18.0 Å². The molecule has 192 valence electrons. The number of nitrogens with zero attached hydrogens (tertiary/aromatic N) is 3. The van der Waals surface area contributed by atoms with E-state index in [9.17, 15) is 18.4 Å². The maximum Gasteiger partial charge on any atom is 0.408 e. The van der Waals surface area contributed by atoms with Gasteiger partial charge in [-0.15, -0.1) is 0 Å². The summed E-state index contributed by atoms with van der Waals surface area (Å²) in [5.41, 5.74) is 2.04. The number of benzene rings is 2. The van der Waals surface area contributed by atoms with Gasteiger partial charge in [0, 0.05) is 18.7 Å². The van der Waals surface area contributed by atoms with Crippen molar-refractivity contribution in [3.8, 4) is 11.4 Å². The van der Waals surface area contributed by atoms with Gasteiger partial charge in [0.2, 0.25) is 5.91 Å². The number of piperidine rings is 1. The zero-order valence-corrected chi connectivity index (χ0v) is 20.8. The van der Waals surface area contributed by atoms with Crippen LogP contribution in [0.4, 0.5) is 13.6 Å². The Morgan fingerprint density at radius 2 is 1.83 bits per heavy atom. The molecule has 1 N–H and O–H groups in total. The number of alkyl halides is 2. The minimum atomic E-state index is -2.69. The second-order valence-corrected chi connectivity index (χ2v) is 10.2. The van der Waals surface area contributed by atoms with Crippen LogP contribution in [0.1, 0.15) is 45.7 Å². The number of rotatable bonds is 6. The normalized spacial score (nSPS) is 14.9. The fourth-order valence-corrected chi connectivity index (χ4v) is 4.58. The zero-order valence-electron chi connectivity index (χ0n) is 20.8. The van der Waals surface area contributed by atoms with Crippen LogP contribution in [0.3, 0.4) is 0 Å². The molecule has 0 aliphatic carbocycles. The number of hydrogen-bond donors (Lipinski definition) is 1. The van der Waals surface area contributed by atoms with Crippen LogP contribution in [0, 0.1) is 5.92 Å². The zero-order chi connectivity index (χ0) is 25.9. The Labute approximate surface area is 209 Å². The number of alkyl carbamates (subject to hydrolysis) is 1. The van der Waals surface area contributed by atoms with E-state index in [0.717, 1.165) is 29.4 Å². The van der Waals surface area contributed by atoms with Gasteiger partial charge in [0.25, 0.3) is 0 Å². The van der Waals surface area contributed by atoms with Crippen LogP contribution in [0.5, 0.6) is 0 Å². The summed E-state index contributed by atoms with van der Waals surface area (Å²) in [6.07, 6.45) is 1.85. The highest BCUT2D eigenvalue weighted by molar-refractivity contribution is 5.82. The van der Waals surface area contributed by atoms with Gasteiger partial charge in [0.05, 0.1) is 11.0 Å². The molecule has 0 radical (unpaired) electrons. The number of likely N-dealkylation sites (tertiary alicyclic amines) is 1. The van der Waals surface area contributed by atoms with Crippen molar-refractivity contribution in [1.29, 1.82) is 0 Å². The first kappa shape index (κ1) is 25.6. The maximum atomic E-state index is 13.9. The van der Waals surface area contributed by atoms with E-state index in [4.69, 9.17) is 4.74 Å². The lowest BCUT2D eigenvalue weighted by atomic mass is 9.89. The quantitative estimate of drug-likeness (QED) is 0.494. The first-order valence-corrected chi connectivity index (χ1v) is 12.2. The standard InChI is InChI=1S/C27H32F2N4O3/c1-27(2,3)36-26(35)30-17-23(34)32-13-11-18(12-14-32)15-19-7-6-8-20(16-19)24-31-21-9-4-5-10-22(21)33(24)25(28)29/h4-10,16,18,25H,11-15,17H2,1-3H3,(H,30,35). The topological polar surface area (TPSA) is 76.5 Å². The van der Waals surface area contributed by atoms with Gasteiger partial charge < -0.3 is 15.0 Å². The number of carbonyl (C=O) groups is 2. The molecule has 2 aromatic carbocycles. The van der Waals surface area contributed by atoms with Crippen molar-refractivity contribution >= 4 is 23.0 Å². The third-order valence-electron chi connectivity index (χ3n) is 6.25. The highest BCUT2D eigenvalue weighted by Crippen LogP contribution is 2.31. The Morgan fingerprint density at radius 3 is 2.53 bits per heavy atom. The lowest BCUT2D eigenvalue weighted by Crippen LogP contribution is -2.45. The Kier molecular flexibility index (Phi) is 7.56. The average molecular weight is 499 g/mol. The summed E-state index contributed by atoms with van der Waals surface area (Å²) in [7, 11) is 0. The molecule has 1 aliphatic rings. The van der Waals surface area contributed by atoms with Crippen LogP contribution in [0.15, 0.2) is 48.5 Å². The monoisotopic (exact) mass is 498 g/mol. The molecule has 1 aliphatic heterocycles. The first-order valence-electron chi connectivity index (χ1n) is 12.2. The van der Waals surface area contributed by atoms with Gasteiger partial charge >= 0.3 is 12.6 Å². The Bertz CT molecular complexity index is 1230. The lowest BCUT2D eigenvalue weighted by molar-refractivity contribution is -0.131. The summed E-state index contributed by atoms with van der Waals surface area (Å²) >= 11 is 0. The molecule has 7 nitrogen and oxygen atoms in total. The summed E-state index contributed by atoms with van der Waals surface area (Å²) in [5.74, 6) is 0.496. The van der Waals surface area contributed by atoms with Gasteiger partial charge in [-0.05, 0) is 69.7 Å². The predicted octanol–water partition coefficient (Wildman–Crippen LogP) is 5.40. The summed E-state index contributed by atoms with van der Waals surface area (Å²) < 4.78 is 33.9. The molecule has 36 heavy (non-hydrogen) atoms.